The smallest absolute Gasteiger partial charge is 0.355 e. The molecule has 0 aliphatic carbocycles. The number of benzene rings is 1. The van der Waals surface area contributed by atoms with E-state index >= 15 is 0 Å². The van der Waals surface area contributed by atoms with Crippen LogP contribution in [-0.2, 0) is 16.6 Å². The van der Waals surface area contributed by atoms with Crippen molar-refractivity contribution in [2.75, 3.05) is 18.2 Å². The molecule has 24 heavy (non-hydrogen) atoms. The fraction of sp³-hybridized carbons (Fsp3) is 0.200. The van der Waals surface area contributed by atoms with Crippen molar-refractivity contribution in [3.8, 4) is 0 Å². The van der Waals surface area contributed by atoms with Gasteiger partial charge in [-0.3, -0.25) is 14.9 Å². The minimum atomic E-state index is -0.807. The number of hydrogen-bond donors (Lipinski definition) is 1. The monoisotopic (exact) mass is 349 g/mol. The first kappa shape index (κ1) is 17.5. The summed E-state index contributed by atoms with van der Waals surface area (Å²) in [6.07, 6.45) is 3.08. The highest BCUT2D eigenvalue weighted by Gasteiger charge is 2.19. The van der Waals surface area contributed by atoms with E-state index in [-0.39, 0.29) is 11.4 Å². The highest BCUT2D eigenvalue weighted by atomic mass is 32.2. The zero-order chi connectivity index (χ0) is 17.7. The lowest BCUT2D eigenvalue weighted by molar-refractivity contribution is -0.384. The topological polar surface area (TPSA) is 103 Å². The van der Waals surface area contributed by atoms with E-state index in [0.717, 1.165) is 11.0 Å². The molecule has 1 N–H and O–H groups in total. The van der Waals surface area contributed by atoms with Crippen LogP contribution in [0.5, 0.6) is 0 Å². The molecular formula is C15H15N3O5S. The Hall–Kier alpha value is -2.81. The SMILES string of the molecule is CSc1ccccc1NC(=O)COC(=O)c1cc([N+](=O)[O-])cn1C. The molecular weight excluding hydrogens is 334 g/mol. The van der Waals surface area contributed by atoms with E-state index in [1.54, 1.807) is 12.1 Å². The Morgan fingerprint density at radius 3 is 2.71 bits per heavy atom. The summed E-state index contributed by atoms with van der Waals surface area (Å²) in [6.45, 7) is -0.486. The number of rotatable bonds is 6. The van der Waals surface area contributed by atoms with Crippen molar-refractivity contribution in [3.05, 3.63) is 52.3 Å². The molecule has 8 nitrogen and oxygen atoms in total. The number of nitrogens with zero attached hydrogens (tertiary/aromatic N) is 2. The predicted molar refractivity (Wildman–Crippen MR) is 89.2 cm³/mol. The summed E-state index contributed by atoms with van der Waals surface area (Å²) in [7, 11) is 1.48. The molecule has 0 radical (unpaired) electrons. The van der Waals surface area contributed by atoms with Crippen molar-refractivity contribution in [2.24, 2.45) is 7.05 Å². The quantitative estimate of drug-likeness (QED) is 0.372. The van der Waals surface area contributed by atoms with Crippen molar-refractivity contribution >= 4 is 35.0 Å². The number of hydrogen-bond acceptors (Lipinski definition) is 6. The Morgan fingerprint density at radius 2 is 2.08 bits per heavy atom. The van der Waals surface area contributed by atoms with Crippen LogP contribution >= 0.6 is 11.8 Å². The molecule has 0 unspecified atom stereocenters. The number of carbonyl (C=O) groups excluding carboxylic acids is 2. The van der Waals surface area contributed by atoms with Crippen LogP contribution in [0, 0.1) is 10.1 Å². The molecule has 0 atom stereocenters. The summed E-state index contributed by atoms with van der Waals surface area (Å²) >= 11 is 1.48. The van der Waals surface area contributed by atoms with Gasteiger partial charge in [0.1, 0.15) is 5.69 Å². The summed E-state index contributed by atoms with van der Waals surface area (Å²) < 4.78 is 6.19. The third-order valence-corrected chi connectivity index (χ3v) is 3.92. The van der Waals surface area contributed by atoms with Crippen molar-refractivity contribution in [1.82, 2.24) is 4.57 Å². The van der Waals surface area contributed by atoms with Crippen molar-refractivity contribution < 1.29 is 19.2 Å². The molecule has 0 saturated heterocycles. The number of thioether (sulfide) groups is 1. The normalized spacial score (nSPS) is 10.2. The number of para-hydroxylation sites is 1. The second-order valence-corrected chi connectivity index (χ2v) is 5.62. The average Bonchev–Trinajstić information content (AvgIpc) is 2.95. The van der Waals surface area contributed by atoms with Gasteiger partial charge in [0.15, 0.2) is 6.61 Å². The van der Waals surface area contributed by atoms with E-state index in [2.05, 4.69) is 5.32 Å². The molecule has 2 rings (SSSR count). The van der Waals surface area contributed by atoms with Crippen LogP contribution in [0.25, 0.3) is 0 Å². The number of esters is 1. The van der Waals surface area contributed by atoms with Gasteiger partial charge in [-0.1, -0.05) is 12.1 Å². The van der Waals surface area contributed by atoms with Crippen LogP contribution < -0.4 is 5.32 Å². The fourth-order valence-corrected chi connectivity index (χ4v) is 2.54. The molecule has 1 aromatic carbocycles. The lowest BCUT2D eigenvalue weighted by Crippen LogP contribution is -2.22. The van der Waals surface area contributed by atoms with E-state index in [1.807, 2.05) is 18.4 Å². The van der Waals surface area contributed by atoms with Crippen LogP contribution in [0.2, 0.25) is 0 Å². The first-order valence-corrected chi connectivity index (χ1v) is 8.05. The molecule has 0 fully saturated rings. The van der Waals surface area contributed by atoms with Gasteiger partial charge in [0.2, 0.25) is 0 Å². The fourth-order valence-electron chi connectivity index (χ4n) is 1.99. The lowest BCUT2D eigenvalue weighted by atomic mass is 10.3. The highest BCUT2D eigenvalue weighted by Crippen LogP contribution is 2.24. The molecule has 2 aromatic rings. The Bertz CT molecular complexity index is 787. The van der Waals surface area contributed by atoms with Gasteiger partial charge in [-0.2, -0.15) is 0 Å². The number of amides is 1. The molecule has 0 aliphatic rings. The number of nitro groups is 1. The number of aryl methyl sites for hydroxylation is 1. The predicted octanol–water partition coefficient (Wildman–Crippen LogP) is 2.45. The Labute approximate surface area is 141 Å². The Kier molecular flexibility index (Phi) is 5.59. The standard InChI is InChI=1S/C15H15N3O5S/c1-17-8-10(18(21)22)7-12(17)15(20)23-9-14(19)16-11-5-3-4-6-13(11)24-2/h3-8H,9H2,1-2H3,(H,16,19). The number of carbonyl (C=O) groups is 2. The maximum absolute atomic E-state index is 11.9. The Morgan fingerprint density at radius 1 is 1.38 bits per heavy atom. The molecule has 126 valence electrons. The number of anilines is 1. The zero-order valence-corrected chi connectivity index (χ0v) is 13.8. The summed E-state index contributed by atoms with van der Waals surface area (Å²) in [5, 5.41) is 13.3. The van der Waals surface area contributed by atoms with Crippen LogP contribution in [0.3, 0.4) is 0 Å². The van der Waals surface area contributed by atoms with Gasteiger partial charge in [0, 0.05) is 18.0 Å². The van der Waals surface area contributed by atoms with Crippen molar-refractivity contribution in [3.63, 3.8) is 0 Å². The van der Waals surface area contributed by atoms with Crippen LogP contribution in [-0.4, -0.2) is 34.2 Å². The number of aromatic nitrogens is 1. The molecule has 0 bridgehead atoms. The third-order valence-electron chi connectivity index (χ3n) is 3.13. The average molecular weight is 349 g/mol. The summed E-state index contributed by atoms with van der Waals surface area (Å²) in [5.74, 6) is -1.30. The second-order valence-electron chi connectivity index (χ2n) is 4.78. The van der Waals surface area contributed by atoms with Crippen molar-refractivity contribution in [2.45, 2.75) is 4.90 Å². The molecule has 1 heterocycles. The van der Waals surface area contributed by atoms with Gasteiger partial charge in [-0.25, -0.2) is 4.79 Å². The third kappa shape index (κ3) is 4.13. The van der Waals surface area contributed by atoms with E-state index in [1.165, 1.54) is 29.6 Å². The molecule has 1 amide bonds. The first-order chi connectivity index (χ1) is 11.4. The van der Waals surface area contributed by atoms with Gasteiger partial charge in [0.25, 0.3) is 11.6 Å². The van der Waals surface area contributed by atoms with Gasteiger partial charge >= 0.3 is 5.97 Å². The number of ether oxygens (including phenoxy) is 1. The Balaban J connectivity index is 1.96. The summed E-state index contributed by atoms with van der Waals surface area (Å²) in [6, 6.07) is 8.33. The first-order valence-electron chi connectivity index (χ1n) is 6.83. The van der Waals surface area contributed by atoms with Gasteiger partial charge in [0.05, 0.1) is 16.8 Å². The van der Waals surface area contributed by atoms with Gasteiger partial charge in [-0.05, 0) is 18.4 Å². The molecule has 1 aromatic heterocycles. The molecule has 0 saturated carbocycles. The van der Waals surface area contributed by atoms with Crippen molar-refractivity contribution in [1.29, 1.82) is 0 Å². The maximum Gasteiger partial charge on any atom is 0.355 e. The van der Waals surface area contributed by atoms with E-state index in [0.29, 0.717) is 5.69 Å². The van der Waals surface area contributed by atoms with E-state index < -0.39 is 23.4 Å². The minimum absolute atomic E-state index is 0.000913. The summed E-state index contributed by atoms with van der Waals surface area (Å²) in [5.41, 5.74) is 0.405. The number of nitrogens with one attached hydrogen (secondary N) is 1. The molecule has 0 aliphatic heterocycles. The highest BCUT2D eigenvalue weighted by molar-refractivity contribution is 7.98. The van der Waals surface area contributed by atoms with Gasteiger partial charge in [-0.15, -0.1) is 11.8 Å². The second kappa shape index (κ2) is 7.64. The largest absolute Gasteiger partial charge is 0.451 e. The minimum Gasteiger partial charge on any atom is -0.451 e. The molecule has 9 heteroatoms. The molecule has 0 spiro atoms. The van der Waals surface area contributed by atoms with Crippen LogP contribution in [0.1, 0.15) is 10.5 Å². The summed E-state index contributed by atoms with van der Waals surface area (Å²) in [4.78, 5) is 34.8. The zero-order valence-electron chi connectivity index (χ0n) is 13.0. The van der Waals surface area contributed by atoms with Crippen LogP contribution in [0.15, 0.2) is 41.4 Å². The van der Waals surface area contributed by atoms with Gasteiger partial charge < -0.3 is 14.6 Å². The van der Waals surface area contributed by atoms with E-state index in [4.69, 9.17) is 4.74 Å². The lowest BCUT2D eigenvalue weighted by Gasteiger charge is -2.09. The van der Waals surface area contributed by atoms with E-state index in [9.17, 15) is 19.7 Å². The van der Waals surface area contributed by atoms with Crippen LogP contribution in [0.4, 0.5) is 11.4 Å². The maximum atomic E-state index is 11.9.